The predicted molar refractivity (Wildman–Crippen MR) is 78.5 cm³/mol. The number of Topliss-reactive ketones (excluding diaryl/α,β-unsaturated/α-hetero) is 1. The van der Waals surface area contributed by atoms with E-state index in [0.29, 0.717) is 29.2 Å². The Balaban J connectivity index is 2.38. The van der Waals surface area contributed by atoms with Crippen molar-refractivity contribution in [2.24, 2.45) is 0 Å². The Morgan fingerprint density at radius 1 is 1.05 bits per heavy atom. The van der Waals surface area contributed by atoms with Crippen molar-refractivity contribution in [2.45, 2.75) is 6.42 Å². The minimum atomic E-state index is -0.0128. The van der Waals surface area contributed by atoms with E-state index in [0.717, 1.165) is 5.56 Å². The van der Waals surface area contributed by atoms with Gasteiger partial charge in [0.15, 0.2) is 17.3 Å². The standard InChI is InChI=1S/C15H16O4S/c1-17-13-5-4-11(14(18-2)15(13)19-3)12(16)8-10-6-7-20-9-10/h4-7,9H,8H2,1-3H3. The maximum atomic E-state index is 12.4. The van der Waals surface area contributed by atoms with Crippen LogP contribution in [0.3, 0.4) is 0 Å². The zero-order valence-electron chi connectivity index (χ0n) is 11.6. The minimum Gasteiger partial charge on any atom is -0.493 e. The number of hydrogen-bond acceptors (Lipinski definition) is 5. The molecule has 2 aromatic rings. The second kappa shape index (κ2) is 6.43. The molecule has 106 valence electrons. The third-order valence-corrected chi connectivity index (χ3v) is 3.68. The Labute approximate surface area is 121 Å². The van der Waals surface area contributed by atoms with Crippen LogP contribution in [0.1, 0.15) is 15.9 Å². The zero-order valence-corrected chi connectivity index (χ0v) is 12.5. The molecule has 0 aliphatic carbocycles. The van der Waals surface area contributed by atoms with Gasteiger partial charge in [-0.2, -0.15) is 11.3 Å². The SMILES string of the molecule is COc1ccc(C(=O)Cc2ccsc2)c(OC)c1OC. The molecule has 0 aliphatic heterocycles. The Bertz CT molecular complexity index is 590. The van der Waals surface area contributed by atoms with Crippen molar-refractivity contribution in [3.05, 3.63) is 40.1 Å². The molecule has 0 bridgehead atoms. The van der Waals surface area contributed by atoms with E-state index in [-0.39, 0.29) is 5.78 Å². The molecule has 5 heteroatoms. The minimum absolute atomic E-state index is 0.0128. The fraction of sp³-hybridized carbons (Fsp3) is 0.267. The van der Waals surface area contributed by atoms with Gasteiger partial charge in [0, 0.05) is 6.42 Å². The average molecular weight is 292 g/mol. The Kier molecular flexibility index (Phi) is 4.63. The summed E-state index contributed by atoms with van der Waals surface area (Å²) in [6, 6.07) is 5.35. The summed E-state index contributed by atoms with van der Waals surface area (Å²) in [6.45, 7) is 0. The molecule has 0 aliphatic rings. The van der Waals surface area contributed by atoms with E-state index in [1.807, 2.05) is 16.8 Å². The van der Waals surface area contributed by atoms with Gasteiger partial charge in [-0.05, 0) is 34.5 Å². The zero-order chi connectivity index (χ0) is 14.5. The maximum absolute atomic E-state index is 12.4. The van der Waals surface area contributed by atoms with Gasteiger partial charge in [0.05, 0.1) is 26.9 Å². The van der Waals surface area contributed by atoms with Crippen molar-refractivity contribution in [2.75, 3.05) is 21.3 Å². The molecular formula is C15H16O4S. The van der Waals surface area contributed by atoms with Crippen LogP contribution in [0, 0.1) is 0 Å². The van der Waals surface area contributed by atoms with Crippen LogP contribution < -0.4 is 14.2 Å². The Hall–Kier alpha value is -2.01. The number of carbonyl (C=O) groups is 1. The molecule has 0 fully saturated rings. The molecule has 0 atom stereocenters. The Morgan fingerprint density at radius 3 is 2.35 bits per heavy atom. The fourth-order valence-electron chi connectivity index (χ4n) is 1.99. The molecule has 1 aromatic carbocycles. The fourth-order valence-corrected chi connectivity index (χ4v) is 2.66. The van der Waals surface area contributed by atoms with Gasteiger partial charge in [-0.1, -0.05) is 0 Å². The molecule has 20 heavy (non-hydrogen) atoms. The summed E-state index contributed by atoms with van der Waals surface area (Å²) >= 11 is 1.57. The first-order valence-electron chi connectivity index (χ1n) is 6.04. The van der Waals surface area contributed by atoms with E-state index in [2.05, 4.69) is 0 Å². The smallest absolute Gasteiger partial charge is 0.204 e. The molecule has 0 unspecified atom stereocenters. The highest BCUT2D eigenvalue weighted by Crippen LogP contribution is 2.40. The highest BCUT2D eigenvalue weighted by atomic mass is 32.1. The topological polar surface area (TPSA) is 44.8 Å². The summed E-state index contributed by atoms with van der Waals surface area (Å²) in [6.07, 6.45) is 0.343. The lowest BCUT2D eigenvalue weighted by atomic mass is 10.0. The monoisotopic (exact) mass is 292 g/mol. The van der Waals surface area contributed by atoms with E-state index in [9.17, 15) is 4.79 Å². The van der Waals surface area contributed by atoms with E-state index < -0.39 is 0 Å². The van der Waals surface area contributed by atoms with Crippen LogP contribution in [0.5, 0.6) is 17.2 Å². The number of methoxy groups -OCH3 is 3. The van der Waals surface area contributed by atoms with Crippen LogP contribution in [0.4, 0.5) is 0 Å². The van der Waals surface area contributed by atoms with Gasteiger partial charge in [-0.3, -0.25) is 4.79 Å². The molecule has 1 heterocycles. The van der Waals surface area contributed by atoms with Crippen molar-refractivity contribution in [1.29, 1.82) is 0 Å². The number of ketones is 1. The summed E-state index contributed by atoms with van der Waals surface area (Å²) in [4.78, 5) is 12.4. The number of ether oxygens (including phenoxy) is 3. The van der Waals surface area contributed by atoms with Crippen LogP contribution >= 0.6 is 11.3 Å². The average Bonchev–Trinajstić information content (AvgIpc) is 2.98. The molecule has 0 radical (unpaired) electrons. The van der Waals surface area contributed by atoms with E-state index in [4.69, 9.17) is 14.2 Å². The van der Waals surface area contributed by atoms with Crippen LogP contribution in [0.15, 0.2) is 29.0 Å². The van der Waals surface area contributed by atoms with E-state index >= 15 is 0 Å². The largest absolute Gasteiger partial charge is 0.493 e. The third-order valence-electron chi connectivity index (χ3n) is 2.95. The van der Waals surface area contributed by atoms with Gasteiger partial charge in [0.2, 0.25) is 5.75 Å². The molecule has 0 spiro atoms. The van der Waals surface area contributed by atoms with Crippen molar-refractivity contribution in [1.82, 2.24) is 0 Å². The number of thiophene rings is 1. The van der Waals surface area contributed by atoms with Crippen LogP contribution in [0.25, 0.3) is 0 Å². The summed E-state index contributed by atoms with van der Waals surface area (Å²) in [5.41, 5.74) is 1.49. The normalized spacial score (nSPS) is 10.2. The number of carbonyl (C=O) groups excluding carboxylic acids is 1. The number of benzene rings is 1. The number of hydrogen-bond donors (Lipinski definition) is 0. The summed E-state index contributed by atoms with van der Waals surface area (Å²) in [5.74, 6) is 1.37. The Morgan fingerprint density at radius 2 is 1.80 bits per heavy atom. The van der Waals surface area contributed by atoms with Gasteiger partial charge < -0.3 is 14.2 Å². The maximum Gasteiger partial charge on any atom is 0.204 e. The quantitative estimate of drug-likeness (QED) is 0.767. The molecule has 1 aromatic heterocycles. The van der Waals surface area contributed by atoms with Crippen molar-refractivity contribution >= 4 is 17.1 Å². The highest BCUT2D eigenvalue weighted by molar-refractivity contribution is 7.08. The van der Waals surface area contributed by atoms with Crippen molar-refractivity contribution < 1.29 is 19.0 Å². The predicted octanol–water partition coefficient (Wildman–Crippen LogP) is 3.20. The van der Waals surface area contributed by atoms with Crippen LogP contribution in [0.2, 0.25) is 0 Å². The first-order valence-corrected chi connectivity index (χ1v) is 6.98. The number of rotatable bonds is 6. The lowest BCUT2D eigenvalue weighted by Gasteiger charge is -2.14. The molecule has 0 saturated carbocycles. The van der Waals surface area contributed by atoms with Gasteiger partial charge in [0.1, 0.15) is 0 Å². The van der Waals surface area contributed by atoms with Crippen LogP contribution in [-0.4, -0.2) is 27.1 Å². The summed E-state index contributed by atoms with van der Waals surface area (Å²) < 4.78 is 15.8. The second-order valence-electron chi connectivity index (χ2n) is 4.11. The van der Waals surface area contributed by atoms with E-state index in [1.165, 1.54) is 14.2 Å². The van der Waals surface area contributed by atoms with Crippen LogP contribution in [-0.2, 0) is 6.42 Å². The lowest BCUT2D eigenvalue weighted by Crippen LogP contribution is -2.07. The summed E-state index contributed by atoms with van der Waals surface area (Å²) in [5, 5.41) is 3.92. The molecular weight excluding hydrogens is 276 g/mol. The van der Waals surface area contributed by atoms with Gasteiger partial charge in [0.25, 0.3) is 0 Å². The molecule has 4 nitrogen and oxygen atoms in total. The first kappa shape index (κ1) is 14.4. The molecule has 0 amide bonds. The van der Waals surface area contributed by atoms with Gasteiger partial charge in [-0.15, -0.1) is 0 Å². The van der Waals surface area contributed by atoms with E-state index in [1.54, 1.807) is 30.6 Å². The van der Waals surface area contributed by atoms with Gasteiger partial charge in [-0.25, -0.2) is 0 Å². The van der Waals surface area contributed by atoms with Gasteiger partial charge >= 0.3 is 0 Å². The highest BCUT2D eigenvalue weighted by Gasteiger charge is 2.20. The lowest BCUT2D eigenvalue weighted by molar-refractivity contribution is 0.0989. The second-order valence-corrected chi connectivity index (χ2v) is 4.89. The third kappa shape index (κ3) is 2.77. The summed E-state index contributed by atoms with van der Waals surface area (Å²) in [7, 11) is 4.58. The van der Waals surface area contributed by atoms with Crippen molar-refractivity contribution in [3.8, 4) is 17.2 Å². The molecule has 2 rings (SSSR count). The molecule has 0 saturated heterocycles. The molecule has 0 N–H and O–H groups in total. The first-order chi connectivity index (χ1) is 9.71. The van der Waals surface area contributed by atoms with Crippen molar-refractivity contribution in [3.63, 3.8) is 0 Å².